The molecule has 1 aromatic carbocycles. The second kappa shape index (κ2) is 8.98. The fourth-order valence-corrected chi connectivity index (χ4v) is 2.95. The highest BCUT2D eigenvalue weighted by Crippen LogP contribution is 2.40. The highest BCUT2D eigenvalue weighted by molar-refractivity contribution is 5.47. The van der Waals surface area contributed by atoms with E-state index in [1.54, 1.807) is 0 Å². The summed E-state index contributed by atoms with van der Waals surface area (Å²) in [7, 11) is 0. The third kappa shape index (κ3) is 4.57. The maximum Gasteiger partial charge on any atom is 0.387 e. The Balaban J connectivity index is 2.35. The second-order valence-corrected chi connectivity index (χ2v) is 6.28. The third-order valence-corrected chi connectivity index (χ3v) is 4.25. The number of halogens is 2. The average molecular weight is 438 g/mol. The minimum atomic E-state index is -3.15. The molecule has 0 amide bonds. The van der Waals surface area contributed by atoms with Gasteiger partial charge in [-0.1, -0.05) is 12.1 Å². The van der Waals surface area contributed by atoms with Crippen LogP contribution in [-0.2, 0) is 13.2 Å². The third-order valence-electron chi connectivity index (χ3n) is 4.25. The zero-order valence-corrected chi connectivity index (χ0v) is 15.6. The van der Waals surface area contributed by atoms with Crippen molar-refractivity contribution in [3.05, 3.63) is 85.4 Å². The molecule has 0 aliphatic carbocycles. The topological polar surface area (TPSA) is 151 Å². The molecular weight excluding hydrogens is 422 g/mol. The Morgan fingerprint density at radius 2 is 1.39 bits per heavy atom. The number of aliphatic hydroxyl groups is 2. The van der Waals surface area contributed by atoms with Crippen LogP contribution in [0.25, 0.3) is 0 Å². The molecular formula is C20H16F2O9. The summed E-state index contributed by atoms with van der Waals surface area (Å²) in [6.45, 7) is -4.60. The van der Waals surface area contributed by atoms with Crippen molar-refractivity contribution in [1.29, 1.82) is 0 Å². The highest BCUT2D eigenvalue weighted by atomic mass is 19.3. The van der Waals surface area contributed by atoms with Crippen molar-refractivity contribution in [2.24, 2.45) is 0 Å². The van der Waals surface area contributed by atoms with E-state index in [4.69, 9.17) is 8.83 Å². The molecule has 31 heavy (non-hydrogen) atoms. The quantitative estimate of drug-likeness (QED) is 0.433. The molecule has 0 spiro atoms. The van der Waals surface area contributed by atoms with Crippen LogP contribution in [-0.4, -0.2) is 27.0 Å². The summed E-state index contributed by atoms with van der Waals surface area (Å²) in [5.74, 6) is -5.29. The minimum Gasteiger partial charge on any atom is -0.502 e. The molecule has 0 aliphatic heterocycles. The number of aliphatic hydroxyl groups excluding tert-OH is 2. The fraction of sp³-hybridized carbons (Fsp3) is 0.200. The SMILES string of the molecule is O=c1cc(CO)oc(C(c2cccc(OC(F)F)c2)c2oc(CO)cc(=O)c2O)c1O. The molecule has 2 aromatic heterocycles. The molecule has 0 saturated heterocycles. The molecule has 0 aliphatic rings. The van der Waals surface area contributed by atoms with Crippen LogP contribution in [0.2, 0.25) is 0 Å². The fourth-order valence-electron chi connectivity index (χ4n) is 2.95. The summed E-state index contributed by atoms with van der Waals surface area (Å²) in [5, 5.41) is 39.3. The molecule has 0 saturated carbocycles. The van der Waals surface area contributed by atoms with Crippen molar-refractivity contribution in [3.8, 4) is 17.2 Å². The van der Waals surface area contributed by atoms with E-state index < -0.39 is 59.6 Å². The van der Waals surface area contributed by atoms with Gasteiger partial charge in [0.05, 0.1) is 0 Å². The van der Waals surface area contributed by atoms with Crippen molar-refractivity contribution in [3.63, 3.8) is 0 Å². The summed E-state index contributed by atoms with van der Waals surface area (Å²) in [6.07, 6.45) is 0. The molecule has 4 N–H and O–H groups in total. The van der Waals surface area contributed by atoms with Gasteiger partial charge in [0.1, 0.15) is 36.4 Å². The number of benzene rings is 1. The monoisotopic (exact) mass is 438 g/mol. The predicted molar refractivity (Wildman–Crippen MR) is 99.2 cm³/mol. The summed E-state index contributed by atoms with van der Waals surface area (Å²) >= 11 is 0. The number of hydrogen-bond acceptors (Lipinski definition) is 9. The van der Waals surface area contributed by atoms with Crippen LogP contribution in [0.1, 0.15) is 34.5 Å². The van der Waals surface area contributed by atoms with Crippen LogP contribution >= 0.6 is 0 Å². The molecule has 3 rings (SSSR count). The van der Waals surface area contributed by atoms with Gasteiger partial charge >= 0.3 is 6.61 Å². The average Bonchev–Trinajstić information content (AvgIpc) is 2.73. The van der Waals surface area contributed by atoms with Crippen LogP contribution in [0.3, 0.4) is 0 Å². The number of aromatic hydroxyl groups is 2. The largest absolute Gasteiger partial charge is 0.502 e. The number of ether oxygens (including phenoxy) is 1. The van der Waals surface area contributed by atoms with Gasteiger partial charge in [-0.2, -0.15) is 8.78 Å². The van der Waals surface area contributed by atoms with Crippen molar-refractivity contribution in [1.82, 2.24) is 0 Å². The molecule has 0 radical (unpaired) electrons. The van der Waals surface area contributed by atoms with Crippen molar-refractivity contribution in [2.45, 2.75) is 25.7 Å². The van der Waals surface area contributed by atoms with Crippen LogP contribution in [0.4, 0.5) is 8.78 Å². The normalized spacial score (nSPS) is 11.3. The van der Waals surface area contributed by atoms with Gasteiger partial charge in [0, 0.05) is 12.1 Å². The summed E-state index contributed by atoms with van der Waals surface area (Å²) in [6, 6.07) is 6.59. The first-order chi connectivity index (χ1) is 14.7. The smallest absolute Gasteiger partial charge is 0.387 e. The number of hydrogen-bond donors (Lipinski definition) is 4. The van der Waals surface area contributed by atoms with E-state index in [0.717, 1.165) is 18.2 Å². The lowest BCUT2D eigenvalue weighted by Gasteiger charge is -2.19. The summed E-state index contributed by atoms with van der Waals surface area (Å²) in [4.78, 5) is 24.3. The maximum atomic E-state index is 12.7. The van der Waals surface area contributed by atoms with Gasteiger partial charge < -0.3 is 34.0 Å². The van der Waals surface area contributed by atoms with Gasteiger partial charge in [-0.05, 0) is 17.7 Å². The van der Waals surface area contributed by atoms with Gasteiger partial charge in [0.2, 0.25) is 22.4 Å². The van der Waals surface area contributed by atoms with Crippen LogP contribution in [0.5, 0.6) is 17.2 Å². The highest BCUT2D eigenvalue weighted by Gasteiger charge is 2.31. The molecule has 9 nitrogen and oxygen atoms in total. The van der Waals surface area contributed by atoms with E-state index in [9.17, 15) is 38.8 Å². The van der Waals surface area contributed by atoms with Gasteiger partial charge in [-0.3, -0.25) is 9.59 Å². The lowest BCUT2D eigenvalue weighted by atomic mass is 9.91. The van der Waals surface area contributed by atoms with E-state index >= 15 is 0 Å². The lowest BCUT2D eigenvalue weighted by Crippen LogP contribution is -2.14. The molecule has 3 aromatic rings. The Labute approximate surface area is 172 Å². The Kier molecular flexibility index (Phi) is 6.37. The molecule has 0 fully saturated rings. The van der Waals surface area contributed by atoms with Gasteiger partial charge in [0.15, 0.2) is 11.5 Å². The van der Waals surface area contributed by atoms with Crippen molar-refractivity contribution in [2.75, 3.05) is 0 Å². The standard InChI is InChI=1S/C20H16F2O9/c21-20(22)31-10-3-1-2-9(4-10)15(18-16(27)13(25)5-11(7-23)29-18)19-17(28)14(26)6-12(8-24)30-19/h1-6,15,20,23-24,27-28H,7-8H2. The van der Waals surface area contributed by atoms with Gasteiger partial charge in [-0.15, -0.1) is 0 Å². The van der Waals surface area contributed by atoms with Gasteiger partial charge in [0.25, 0.3) is 0 Å². The number of rotatable bonds is 7. The molecule has 0 bridgehead atoms. The zero-order valence-electron chi connectivity index (χ0n) is 15.6. The number of alkyl halides is 2. The minimum absolute atomic E-state index is 0.0141. The van der Waals surface area contributed by atoms with Crippen LogP contribution in [0, 0.1) is 0 Å². The van der Waals surface area contributed by atoms with Crippen molar-refractivity contribution < 1.29 is 42.8 Å². The molecule has 0 atom stereocenters. The molecule has 2 heterocycles. The maximum absolute atomic E-state index is 12.7. The Bertz CT molecular complexity index is 1130. The van der Waals surface area contributed by atoms with Crippen LogP contribution in [0.15, 0.2) is 54.8 Å². The predicted octanol–water partition coefficient (Wildman–Crippen LogP) is 1.77. The summed E-state index contributed by atoms with van der Waals surface area (Å²) in [5.41, 5.74) is -1.88. The lowest BCUT2D eigenvalue weighted by molar-refractivity contribution is -0.0498. The van der Waals surface area contributed by atoms with E-state index in [1.165, 1.54) is 18.2 Å². The van der Waals surface area contributed by atoms with Gasteiger partial charge in [-0.25, -0.2) is 0 Å². The second-order valence-electron chi connectivity index (χ2n) is 6.28. The molecule has 164 valence electrons. The van der Waals surface area contributed by atoms with E-state index in [2.05, 4.69) is 4.74 Å². The zero-order chi connectivity index (χ0) is 22.7. The summed E-state index contributed by atoms with van der Waals surface area (Å²) < 4.78 is 40.4. The first-order valence-corrected chi connectivity index (χ1v) is 8.73. The van der Waals surface area contributed by atoms with Crippen molar-refractivity contribution >= 4 is 0 Å². The molecule has 0 unspecified atom stereocenters. The Morgan fingerprint density at radius 1 is 0.871 bits per heavy atom. The first kappa shape index (κ1) is 22.0. The molecule has 11 heteroatoms. The van der Waals surface area contributed by atoms with E-state index in [1.807, 2.05) is 0 Å². The van der Waals surface area contributed by atoms with Crippen LogP contribution < -0.4 is 15.6 Å². The van der Waals surface area contributed by atoms with E-state index in [-0.39, 0.29) is 22.8 Å². The van der Waals surface area contributed by atoms with E-state index in [0.29, 0.717) is 0 Å². The Morgan fingerprint density at radius 3 is 1.84 bits per heavy atom. The first-order valence-electron chi connectivity index (χ1n) is 8.73. The Hall–Kier alpha value is -3.70.